The Bertz CT molecular complexity index is 746. The van der Waals surface area contributed by atoms with E-state index >= 15 is 0 Å². The first-order valence-corrected chi connectivity index (χ1v) is 11.1. The Morgan fingerprint density at radius 2 is 1.76 bits per heavy atom. The molecule has 4 rings (SSSR count). The molecule has 3 aliphatic rings. The van der Waals surface area contributed by atoms with Crippen LogP contribution in [-0.2, 0) is 14.8 Å². The highest BCUT2D eigenvalue weighted by Gasteiger charge is 2.50. The van der Waals surface area contributed by atoms with Crippen LogP contribution in [-0.4, -0.2) is 41.9 Å². The number of carbonyl (C=O) groups is 1. The van der Waals surface area contributed by atoms with Crippen LogP contribution in [0.1, 0.15) is 68.7 Å². The number of nitrogens with zero attached hydrogens (tertiary/aromatic N) is 2. The Hall–Kier alpha value is -1.40. The van der Waals surface area contributed by atoms with Crippen LogP contribution in [0.5, 0.6) is 0 Å². The summed E-state index contributed by atoms with van der Waals surface area (Å²) in [7, 11) is -3.34. The maximum absolute atomic E-state index is 13.3. The van der Waals surface area contributed by atoms with E-state index in [9.17, 15) is 13.2 Å². The summed E-state index contributed by atoms with van der Waals surface area (Å²) in [6, 6.07) is 8.05. The monoisotopic (exact) mass is 362 g/mol. The Morgan fingerprint density at radius 3 is 2.36 bits per heavy atom. The normalized spacial score (nSPS) is 28.5. The Morgan fingerprint density at radius 1 is 1.12 bits per heavy atom. The summed E-state index contributed by atoms with van der Waals surface area (Å²) in [6.45, 7) is 2.47. The average Bonchev–Trinajstić information content (AvgIpc) is 3.33. The Kier molecular flexibility index (Phi) is 4.36. The number of carbonyl (C=O) groups excluding carboxylic acids is 1. The van der Waals surface area contributed by atoms with E-state index in [1.54, 1.807) is 0 Å². The van der Waals surface area contributed by atoms with Crippen molar-refractivity contribution in [3.8, 4) is 0 Å². The standard InChI is InChI=1S/C19H26N2O3S/c1-2-3-13-25(23,24)20-12-6-9-18(20)19(22)21-16-10-11-17(21)15-8-5-4-7-14(15)16/h4-5,7-8,16-18H,2-3,6,9-13H2,1H3. The van der Waals surface area contributed by atoms with Crippen molar-refractivity contribution < 1.29 is 13.2 Å². The molecule has 0 spiro atoms. The van der Waals surface area contributed by atoms with Crippen molar-refractivity contribution >= 4 is 15.9 Å². The summed E-state index contributed by atoms with van der Waals surface area (Å²) in [4.78, 5) is 15.3. The van der Waals surface area contributed by atoms with Crippen LogP contribution in [0.25, 0.3) is 0 Å². The van der Waals surface area contributed by atoms with E-state index in [2.05, 4.69) is 12.1 Å². The van der Waals surface area contributed by atoms with Crippen molar-refractivity contribution in [3.05, 3.63) is 35.4 Å². The van der Waals surface area contributed by atoms with Crippen LogP contribution in [0.4, 0.5) is 0 Å². The van der Waals surface area contributed by atoms with Crippen molar-refractivity contribution in [1.29, 1.82) is 0 Å². The molecule has 1 aromatic carbocycles. The third-order valence-corrected chi connectivity index (χ3v) is 7.91. The first-order chi connectivity index (χ1) is 12.0. The zero-order chi connectivity index (χ0) is 17.6. The van der Waals surface area contributed by atoms with Crippen LogP contribution < -0.4 is 0 Å². The molecule has 3 atom stereocenters. The van der Waals surface area contributed by atoms with Gasteiger partial charge in [-0.2, -0.15) is 4.31 Å². The van der Waals surface area contributed by atoms with E-state index in [0.29, 0.717) is 19.4 Å². The number of sulfonamides is 1. The first-order valence-electron chi connectivity index (χ1n) is 9.45. The molecule has 5 nitrogen and oxygen atoms in total. The lowest BCUT2D eigenvalue weighted by molar-refractivity contribution is -0.137. The predicted molar refractivity (Wildman–Crippen MR) is 96.4 cm³/mol. The number of fused-ring (bicyclic) bond motifs is 5. The van der Waals surface area contributed by atoms with Crippen LogP contribution in [0.15, 0.2) is 24.3 Å². The lowest BCUT2D eigenvalue weighted by Crippen LogP contribution is -2.47. The molecule has 0 radical (unpaired) electrons. The highest BCUT2D eigenvalue weighted by Crippen LogP contribution is 2.53. The third kappa shape index (κ3) is 2.70. The van der Waals surface area contributed by atoms with Gasteiger partial charge < -0.3 is 4.90 Å². The van der Waals surface area contributed by atoms with Gasteiger partial charge in [-0.3, -0.25) is 4.79 Å². The molecular weight excluding hydrogens is 336 g/mol. The number of benzene rings is 1. The van der Waals surface area contributed by atoms with Gasteiger partial charge in [0.2, 0.25) is 15.9 Å². The summed E-state index contributed by atoms with van der Waals surface area (Å²) in [6.07, 6.45) is 4.90. The first kappa shape index (κ1) is 17.0. The van der Waals surface area contributed by atoms with Crippen LogP contribution >= 0.6 is 0 Å². The van der Waals surface area contributed by atoms with E-state index in [1.807, 2.05) is 24.0 Å². The number of hydrogen-bond donors (Lipinski definition) is 0. The van der Waals surface area contributed by atoms with Crippen molar-refractivity contribution in [2.75, 3.05) is 12.3 Å². The maximum atomic E-state index is 13.3. The van der Waals surface area contributed by atoms with Gasteiger partial charge in [0, 0.05) is 6.54 Å². The zero-order valence-electron chi connectivity index (χ0n) is 14.7. The highest BCUT2D eigenvalue weighted by molar-refractivity contribution is 7.89. The summed E-state index contributed by atoms with van der Waals surface area (Å²) < 4.78 is 26.8. The lowest BCUT2D eigenvalue weighted by atomic mass is 9.92. The Labute approximate surface area is 150 Å². The minimum Gasteiger partial charge on any atom is -0.327 e. The molecule has 1 amide bonds. The molecule has 0 aromatic heterocycles. The topological polar surface area (TPSA) is 57.7 Å². The fourth-order valence-corrected chi connectivity index (χ4v) is 6.66. The van der Waals surface area contributed by atoms with E-state index in [-0.39, 0.29) is 23.7 Å². The van der Waals surface area contributed by atoms with E-state index < -0.39 is 16.1 Å². The van der Waals surface area contributed by atoms with Crippen molar-refractivity contribution in [1.82, 2.24) is 9.21 Å². The predicted octanol–water partition coefficient (Wildman–Crippen LogP) is 3.00. The van der Waals surface area contributed by atoms with Crippen LogP contribution in [0.2, 0.25) is 0 Å². The van der Waals surface area contributed by atoms with Gasteiger partial charge in [0.05, 0.1) is 17.8 Å². The van der Waals surface area contributed by atoms with Gasteiger partial charge in [-0.05, 0) is 43.2 Å². The average molecular weight is 362 g/mol. The lowest BCUT2D eigenvalue weighted by Gasteiger charge is -2.30. The van der Waals surface area contributed by atoms with E-state index in [1.165, 1.54) is 15.4 Å². The van der Waals surface area contributed by atoms with Gasteiger partial charge in [-0.25, -0.2) is 8.42 Å². The Balaban J connectivity index is 1.58. The molecule has 0 aliphatic carbocycles. The van der Waals surface area contributed by atoms with E-state index in [0.717, 1.165) is 25.7 Å². The second-order valence-corrected chi connectivity index (χ2v) is 9.46. The molecule has 0 N–H and O–H groups in total. The quantitative estimate of drug-likeness (QED) is 0.809. The number of rotatable bonds is 5. The molecule has 1 aromatic rings. The minimum atomic E-state index is -3.34. The second-order valence-electron chi connectivity index (χ2n) is 7.42. The summed E-state index contributed by atoms with van der Waals surface area (Å²) >= 11 is 0. The van der Waals surface area contributed by atoms with Crippen molar-refractivity contribution in [2.45, 2.75) is 63.6 Å². The van der Waals surface area contributed by atoms with Gasteiger partial charge >= 0.3 is 0 Å². The maximum Gasteiger partial charge on any atom is 0.242 e. The van der Waals surface area contributed by atoms with Crippen LogP contribution in [0.3, 0.4) is 0 Å². The molecule has 2 fully saturated rings. The summed E-state index contributed by atoms with van der Waals surface area (Å²) in [5.41, 5.74) is 2.51. The SMILES string of the molecule is CCCCS(=O)(=O)N1CCCC1C(=O)N1C2CCC1c1ccccc12. The molecule has 2 saturated heterocycles. The van der Waals surface area contributed by atoms with E-state index in [4.69, 9.17) is 0 Å². The second kappa shape index (κ2) is 6.40. The summed E-state index contributed by atoms with van der Waals surface area (Å²) in [5.74, 6) is 0.168. The highest BCUT2D eigenvalue weighted by atomic mass is 32.2. The van der Waals surface area contributed by atoms with Gasteiger partial charge in [-0.1, -0.05) is 37.6 Å². The minimum absolute atomic E-state index is 0.0151. The van der Waals surface area contributed by atoms with Gasteiger partial charge in [0.1, 0.15) is 6.04 Å². The van der Waals surface area contributed by atoms with Gasteiger partial charge in [-0.15, -0.1) is 0 Å². The van der Waals surface area contributed by atoms with Crippen LogP contribution in [0, 0.1) is 0 Å². The number of hydrogen-bond acceptors (Lipinski definition) is 3. The molecule has 136 valence electrons. The molecular formula is C19H26N2O3S. The van der Waals surface area contributed by atoms with Gasteiger partial charge in [0.15, 0.2) is 0 Å². The molecule has 3 aliphatic heterocycles. The number of amides is 1. The zero-order valence-corrected chi connectivity index (χ0v) is 15.5. The van der Waals surface area contributed by atoms with Gasteiger partial charge in [0.25, 0.3) is 0 Å². The fourth-order valence-electron chi connectivity index (χ4n) is 4.78. The summed E-state index contributed by atoms with van der Waals surface area (Å²) in [5, 5.41) is 0. The largest absolute Gasteiger partial charge is 0.327 e. The fraction of sp³-hybridized carbons (Fsp3) is 0.632. The van der Waals surface area contributed by atoms with Crippen molar-refractivity contribution in [3.63, 3.8) is 0 Å². The molecule has 3 unspecified atom stereocenters. The van der Waals surface area contributed by atoms with Crippen molar-refractivity contribution in [2.24, 2.45) is 0 Å². The smallest absolute Gasteiger partial charge is 0.242 e. The molecule has 2 bridgehead atoms. The molecule has 3 heterocycles. The molecule has 6 heteroatoms. The molecule has 25 heavy (non-hydrogen) atoms. The number of unbranched alkanes of at least 4 members (excludes halogenated alkanes) is 1. The molecule has 0 saturated carbocycles. The third-order valence-electron chi connectivity index (χ3n) is 5.96.